The van der Waals surface area contributed by atoms with E-state index in [0.29, 0.717) is 6.54 Å². The Labute approximate surface area is 179 Å². The SMILES string of the molecule is Cc1ccc(C)c(C(O)CN2CCN(C(c3ccccc3)c3nccn3C)CC2)c1. The first-order valence-electron chi connectivity index (χ1n) is 10.8. The van der Waals surface area contributed by atoms with E-state index >= 15 is 0 Å². The maximum atomic E-state index is 10.8. The molecular formula is C25H32N4O. The van der Waals surface area contributed by atoms with Crippen LogP contribution in [0.5, 0.6) is 0 Å². The molecule has 1 aliphatic heterocycles. The molecule has 2 atom stereocenters. The van der Waals surface area contributed by atoms with Crippen LogP contribution in [-0.2, 0) is 7.05 Å². The van der Waals surface area contributed by atoms with Crippen molar-refractivity contribution in [2.24, 2.45) is 7.05 Å². The molecular weight excluding hydrogens is 372 g/mol. The molecule has 0 bridgehead atoms. The monoisotopic (exact) mass is 404 g/mol. The summed E-state index contributed by atoms with van der Waals surface area (Å²) in [5.74, 6) is 1.07. The van der Waals surface area contributed by atoms with Crippen molar-refractivity contribution in [3.05, 3.63) is 89.0 Å². The Morgan fingerprint density at radius 2 is 1.73 bits per heavy atom. The summed E-state index contributed by atoms with van der Waals surface area (Å²) >= 11 is 0. The van der Waals surface area contributed by atoms with E-state index in [1.165, 1.54) is 11.1 Å². The number of β-amino-alcohol motifs (C(OH)–C–C–N with tert-alkyl or cyclic N) is 1. The van der Waals surface area contributed by atoms with Crippen LogP contribution in [0.4, 0.5) is 0 Å². The van der Waals surface area contributed by atoms with Gasteiger partial charge in [0.05, 0.1) is 12.1 Å². The molecule has 1 aliphatic rings. The fraction of sp³-hybridized carbons (Fsp3) is 0.400. The topological polar surface area (TPSA) is 44.5 Å². The summed E-state index contributed by atoms with van der Waals surface area (Å²) in [6, 6.07) is 17.1. The number of aryl methyl sites for hydroxylation is 3. The first kappa shape index (κ1) is 20.8. The second-order valence-electron chi connectivity index (χ2n) is 8.42. The molecule has 0 radical (unpaired) electrons. The van der Waals surface area contributed by atoms with E-state index < -0.39 is 6.10 Å². The number of hydrogen-bond donors (Lipinski definition) is 1. The summed E-state index contributed by atoms with van der Waals surface area (Å²) in [5, 5.41) is 10.8. The molecule has 1 aromatic heterocycles. The van der Waals surface area contributed by atoms with Crippen LogP contribution in [0.1, 0.15) is 40.2 Å². The number of benzene rings is 2. The zero-order valence-corrected chi connectivity index (χ0v) is 18.2. The van der Waals surface area contributed by atoms with E-state index in [0.717, 1.165) is 43.1 Å². The molecule has 1 fully saturated rings. The third kappa shape index (κ3) is 4.48. The summed E-state index contributed by atoms with van der Waals surface area (Å²) < 4.78 is 2.12. The van der Waals surface area contributed by atoms with E-state index in [-0.39, 0.29) is 6.04 Å². The van der Waals surface area contributed by atoms with Crippen LogP contribution >= 0.6 is 0 Å². The highest BCUT2D eigenvalue weighted by atomic mass is 16.3. The Morgan fingerprint density at radius 3 is 2.40 bits per heavy atom. The number of aliphatic hydroxyl groups is 1. The zero-order chi connectivity index (χ0) is 21.1. The lowest BCUT2D eigenvalue weighted by Gasteiger charge is -2.39. The van der Waals surface area contributed by atoms with Crippen molar-refractivity contribution in [3.8, 4) is 0 Å². The Kier molecular flexibility index (Phi) is 6.32. The normalized spacial score (nSPS) is 17.7. The molecule has 158 valence electrons. The molecule has 4 rings (SSSR count). The molecule has 0 amide bonds. The van der Waals surface area contributed by atoms with Crippen LogP contribution in [-0.4, -0.2) is 57.2 Å². The van der Waals surface area contributed by atoms with Crippen molar-refractivity contribution in [1.82, 2.24) is 19.4 Å². The third-order valence-electron chi connectivity index (χ3n) is 6.22. The molecule has 5 nitrogen and oxygen atoms in total. The predicted octanol–water partition coefficient (Wildman–Crippen LogP) is 3.48. The van der Waals surface area contributed by atoms with Crippen LogP contribution in [0.3, 0.4) is 0 Å². The van der Waals surface area contributed by atoms with Crippen LogP contribution in [0.2, 0.25) is 0 Å². The number of imidazole rings is 1. The summed E-state index contributed by atoms with van der Waals surface area (Å²) in [7, 11) is 2.06. The second-order valence-corrected chi connectivity index (χ2v) is 8.42. The molecule has 2 unspecified atom stereocenters. The lowest BCUT2D eigenvalue weighted by Crippen LogP contribution is -2.49. The van der Waals surface area contributed by atoms with E-state index in [4.69, 9.17) is 0 Å². The van der Waals surface area contributed by atoms with Gasteiger partial charge < -0.3 is 9.67 Å². The van der Waals surface area contributed by atoms with Gasteiger partial charge in [0, 0.05) is 52.2 Å². The Balaban J connectivity index is 1.45. The van der Waals surface area contributed by atoms with Gasteiger partial charge >= 0.3 is 0 Å². The van der Waals surface area contributed by atoms with Gasteiger partial charge in [-0.2, -0.15) is 0 Å². The van der Waals surface area contributed by atoms with E-state index in [9.17, 15) is 5.11 Å². The molecule has 30 heavy (non-hydrogen) atoms. The number of aliphatic hydroxyl groups excluding tert-OH is 1. The molecule has 3 aromatic rings. The van der Waals surface area contributed by atoms with Crippen molar-refractivity contribution in [1.29, 1.82) is 0 Å². The fourth-order valence-electron chi connectivity index (χ4n) is 4.47. The molecule has 5 heteroatoms. The Hall–Kier alpha value is -2.47. The maximum Gasteiger partial charge on any atom is 0.130 e. The minimum absolute atomic E-state index is 0.150. The van der Waals surface area contributed by atoms with Crippen LogP contribution in [0.25, 0.3) is 0 Å². The van der Waals surface area contributed by atoms with Gasteiger partial charge in [0.1, 0.15) is 5.82 Å². The lowest BCUT2D eigenvalue weighted by atomic mass is 10.00. The number of piperazine rings is 1. The van der Waals surface area contributed by atoms with E-state index in [1.807, 2.05) is 12.4 Å². The van der Waals surface area contributed by atoms with Crippen molar-refractivity contribution in [2.75, 3.05) is 32.7 Å². The van der Waals surface area contributed by atoms with Crippen LogP contribution in [0, 0.1) is 13.8 Å². The molecule has 0 spiro atoms. The summed E-state index contributed by atoms with van der Waals surface area (Å²) in [6.07, 6.45) is 3.44. The van der Waals surface area contributed by atoms with Crippen molar-refractivity contribution in [2.45, 2.75) is 26.0 Å². The van der Waals surface area contributed by atoms with Crippen LogP contribution in [0.15, 0.2) is 60.9 Å². The highest BCUT2D eigenvalue weighted by Gasteiger charge is 2.29. The van der Waals surface area contributed by atoms with Gasteiger partial charge in [-0.15, -0.1) is 0 Å². The van der Waals surface area contributed by atoms with Gasteiger partial charge in [-0.1, -0.05) is 54.1 Å². The van der Waals surface area contributed by atoms with Crippen molar-refractivity contribution >= 4 is 0 Å². The average Bonchev–Trinajstić information content (AvgIpc) is 3.17. The van der Waals surface area contributed by atoms with Crippen molar-refractivity contribution < 1.29 is 5.11 Å². The van der Waals surface area contributed by atoms with Gasteiger partial charge in [0.25, 0.3) is 0 Å². The number of aromatic nitrogens is 2. The molecule has 1 saturated heterocycles. The molecule has 0 aliphatic carbocycles. The Morgan fingerprint density at radius 1 is 1.00 bits per heavy atom. The van der Waals surface area contributed by atoms with E-state index in [1.54, 1.807) is 0 Å². The first-order valence-corrected chi connectivity index (χ1v) is 10.8. The number of hydrogen-bond acceptors (Lipinski definition) is 4. The van der Waals surface area contributed by atoms with Gasteiger partial charge in [0.15, 0.2) is 0 Å². The number of nitrogens with zero attached hydrogens (tertiary/aromatic N) is 4. The molecule has 2 aromatic carbocycles. The highest BCUT2D eigenvalue weighted by molar-refractivity contribution is 5.32. The zero-order valence-electron chi connectivity index (χ0n) is 18.2. The minimum atomic E-state index is -0.448. The second kappa shape index (κ2) is 9.13. The fourth-order valence-corrected chi connectivity index (χ4v) is 4.47. The third-order valence-corrected chi connectivity index (χ3v) is 6.22. The quantitative estimate of drug-likeness (QED) is 0.683. The highest BCUT2D eigenvalue weighted by Crippen LogP contribution is 2.29. The standard InChI is InChI=1S/C25H32N4O/c1-19-9-10-20(2)22(17-19)23(30)18-28-13-15-29(16-14-28)24(21-7-5-4-6-8-21)25-26-11-12-27(25)3/h4-12,17,23-24,30H,13-16,18H2,1-3H3. The van der Waals surface area contributed by atoms with Crippen LogP contribution < -0.4 is 0 Å². The maximum absolute atomic E-state index is 10.8. The first-order chi connectivity index (χ1) is 14.5. The van der Waals surface area contributed by atoms with E-state index in [2.05, 4.69) is 88.8 Å². The number of rotatable bonds is 6. The van der Waals surface area contributed by atoms with Gasteiger partial charge in [-0.3, -0.25) is 9.80 Å². The summed E-state index contributed by atoms with van der Waals surface area (Å²) in [4.78, 5) is 9.55. The smallest absolute Gasteiger partial charge is 0.130 e. The van der Waals surface area contributed by atoms with Gasteiger partial charge in [0.2, 0.25) is 0 Å². The summed E-state index contributed by atoms with van der Waals surface area (Å²) in [6.45, 7) is 8.61. The molecule has 1 N–H and O–H groups in total. The Bertz CT molecular complexity index is 960. The van der Waals surface area contributed by atoms with Gasteiger partial charge in [-0.25, -0.2) is 4.98 Å². The average molecular weight is 405 g/mol. The van der Waals surface area contributed by atoms with Crippen molar-refractivity contribution in [3.63, 3.8) is 0 Å². The molecule has 2 heterocycles. The largest absolute Gasteiger partial charge is 0.387 e. The van der Waals surface area contributed by atoms with Gasteiger partial charge in [-0.05, 0) is 30.5 Å². The predicted molar refractivity (Wildman–Crippen MR) is 120 cm³/mol. The lowest BCUT2D eigenvalue weighted by molar-refractivity contribution is 0.0603. The summed E-state index contributed by atoms with van der Waals surface area (Å²) in [5.41, 5.74) is 4.68. The molecule has 0 saturated carbocycles. The minimum Gasteiger partial charge on any atom is -0.387 e.